The minimum atomic E-state index is -1.06. The van der Waals surface area contributed by atoms with Gasteiger partial charge in [-0.25, -0.2) is 4.79 Å². The Hall–Kier alpha value is -3.53. The topological polar surface area (TPSA) is 71.4 Å². The van der Waals surface area contributed by atoms with Crippen LogP contribution in [0.3, 0.4) is 0 Å². The van der Waals surface area contributed by atoms with E-state index in [0.29, 0.717) is 16.7 Å². The molecule has 4 nitrogen and oxygen atoms in total. The summed E-state index contributed by atoms with van der Waals surface area (Å²) in [6.07, 6.45) is 0. The number of carboxylic acids is 1. The van der Waals surface area contributed by atoms with E-state index in [0.717, 1.165) is 0 Å². The summed E-state index contributed by atoms with van der Waals surface area (Å²) in [5, 5.41) is 9.05. The quantitative estimate of drug-likeness (QED) is 0.536. The van der Waals surface area contributed by atoms with Crippen LogP contribution in [0.1, 0.15) is 42.6 Å². The number of ketones is 2. The lowest BCUT2D eigenvalue weighted by Gasteiger charge is -2.16. The first-order valence-electron chi connectivity index (χ1n) is 8.09. The maximum absolute atomic E-state index is 13.0. The van der Waals surface area contributed by atoms with E-state index in [-0.39, 0.29) is 17.1 Å². The SMILES string of the molecule is O=C(O)c1ccc(C(C(=O)c2ccccc2)C(=O)c2ccccc2)cc1. The summed E-state index contributed by atoms with van der Waals surface area (Å²) in [6.45, 7) is 0. The highest BCUT2D eigenvalue weighted by molar-refractivity contribution is 6.20. The van der Waals surface area contributed by atoms with E-state index in [1.54, 1.807) is 60.7 Å². The van der Waals surface area contributed by atoms with E-state index in [1.165, 1.54) is 24.3 Å². The van der Waals surface area contributed by atoms with Crippen molar-refractivity contribution in [3.63, 3.8) is 0 Å². The van der Waals surface area contributed by atoms with Crippen LogP contribution >= 0.6 is 0 Å². The number of carboxylic acid groups (broad SMARTS) is 1. The van der Waals surface area contributed by atoms with Crippen molar-refractivity contribution in [3.05, 3.63) is 107 Å². The summed E-state index contributed by atoms with van der Waals surface area (Å²) in [6, 6.07) is 23.1. The summed E-state index contributed by atoms with van der Waals surface area (Å²) in [4.78, 5) is 37.1. The van der Waals surface area contributed by atoms with Gasteiger partial charge in [-0.15, -0.1) is 0 Å². The molecule has 0 saturated carbocycles. The predicted octanol–water partition coefficient (Wildman–Crippen LogP) is 4.23. The highest BCUT2D eigenvalue weighted by Gasteiger charge is 2.30. The van der Waals surface area contributed by atoms with Crippen molar-refractivity contribution in [1.29, 1.82) is 0 Å². The molecule has 0 bridgehead atoms. The number of benzene rings is 3. The second-order valence-electron chi connectivity index (χ2n) is 5.82. The third-order valence-electron chi connectivity index (χ3n) is 4.13. The first-order chi connectivity index (χ1) is 12.6. The van der Waals surface area contributed by atoms with Gasteiger partial charge in [-0.2, -0.15) is 0 Å². The largest absolute Gasteiger partial charge is 0.478 e. The molecule has 0 atom stereocenters. The van der Waals surface area contributed by atoms with Crippen molar-refractivity contribution >= 4 is 17.5 Å². The Kier molecular flexibility index (Phi) is 5.04. The minimum absolute atomic E-state index is 0.104. The van der Waals surface area contributed by atoms with Crippen LogP contribution in [0.5, 0.6) is 0 Å². The smallest absolute Gasteiger partial charge is 0.335 e. The number of carbonyl (C=O) groups is 3. The molecule has 0 aliphatic rings. The summed E-state index contributed by atoms with van der Waals surface area (Å²) >= 11 is 0. The standard InChI is InChI=1S/C22H16O4/c23-20(16-7-3-1-4-8-16)19(21(24)17-9-5-2-6-10-17)15-11-13-18(14-12-15)22(25)26/h1-14,19H,(H,25,26). The monoisotopic (exact) mass is 344 g/mol. The molecule has 128 valence electrons. The minimum Gasteiger partial charge on any atom is -0.478 e. The summed E-state index contributed by atoms with van der Waals surface area (Å²) in [5.74, 6) is -2.72. The lowest BCUT2D eigenvalue weighted by atomic mass is 9.84. The van der Waals surface area contributed by atoms with Crippen LogP contribution in [-0.4, -0.2) is 22.6 Å². The molecular weight excluding hydrogens is 328 g/mol. The van der Waals surface area contributed by atoms with Crippen molar-refractivity contribution < 1.29 is 19.5 Å². The number of hydrogen-bond donors (Lipinski definition) is 1. The molecule has 0 radical (unpaired) electrons. The van der Waals surface area contributed by atoms with Gasteiger partial charge in [0.15, 0.2) is 11.6 Å². The molecular formula is C22H16O4. The molecule has 1 N–H and O–H groups in total. The van der Waals surface area contributed by atoms with Gasteiger partial charge >= 0.3 is 5.97 Å². The molecule has 0 heterocycles. The van der Waals surface area contributed by atoms with E-state index >= 15 is 0 Å². The van der Waals surface area contributed by atoms with Crippen LogP contribution in [-0.2, 0) is 0 Å². The Morgan fingerprint density at radius 2 is 1.00 bits per heavy atom. The third kappa shape index (κ3) is 3.59. The molecule has 0 saturated heterocycles. The molecule has 4 heteroatoms. The summed E-state index contributed by atoms with van der Waals surface area (Å²) in [7, 11) is 0. The maximum Gasteiger partial charge on any atom is 0.335 e. The van der Waals surface area contributed by atoms with Gasteiger partial charge in [0.25, 0.3) is 0 Å². The van der Waals surface area contributed by atoms with E-state index in [9.17, 15) is 14.4 Å². The van der Waals surface area contributed by atoms with Crippen LogP contribution in [0, 0.1) is 0 Å². The van der Waals surface area contributed by atoms with Crippen LogP contribution in [0.15, 0.2) is 84.9 Å². The average molecular weight is 344 g/mol. The molecule has 0 fully saturated rings. The molecule has 0 aliphatic carbocycles. The summed E-state index contributed by atoms with van der Waals surface area (Å²) < 4.78 is 0. The second kappa shape index (κ2) is 7.57. The second-order valence-corrected chi connectivity index (χ2v) is 5.82. The maximum atomic E-state index is 13.0. The van der Waals surface area contributed by atoms with Crippen molar-refractivity contribution in [2.45, 2.75) is 5.92 Å². The third-order valence-corrected chi connectivity index (χ3v) is 4.13. The van der Waals surface area contributed by atoms with E-state index in [2.05, 4.69) is 0 Å². The van der Waals surface area contributed by atoms with Crippen molar-refractivity contribution in [2.24, 2.45) is 0 Å². The molecule has 0 aromatic heterocycles. The van der Waals surface area contributed by atoms with Gasteiger partial charge in [0, 0.05) is 11.1 Å². The molecule has 0 aliphatic heterocycles. The summed E-state index contributed by atoms with van der Waals surface area (Å²) in [5.41, 5.74) is 1.44. The number of hydrogen-bond acceptors (Lipinski definition) is 3. The highest BCUT2D eigenvalue weighted by Crippen LogP contribution is 2.26. The zero-order valence-corrected chi connectivity index (χ0v) is 13.8. The Morgan fingerprint density at radius 1 is 0.577 bits per heavy atom. The lowest BCUT2D eigenvalue weighted by Crippen LogP contribution is -2.22. The van der Waals surface area contributed by atoms with Crippen molar-refractivity contribution in [1.82, 2.24) is 0 Å². The predicted molar refractivity (Wildman–Crippen MR) is 97.7 cm³/mol. The van der Waals surface area contributed by atoms with Gasteiger partial charge < -0.3 is 5.11 Å². The Labute approximate surface area is 150 Å². The van der Waals surface area contributed by atoms with Gasteiger partial charge in [0.1, 0.15) is 5.92 Å². The molecule has 3 aromatic carbocycles. The van der Waals surface area contributed by atoms with Gasteiger partial charge in [0.2, 0.25) is 0 Å². The van der Waals surface area contributed by atoms with E-state index in [4.69, 9.17) is 5.11 Å². The number of rotatable bonds is 6. The zero-order valence-electron chi connectivity index (χ0n) is 13.8. The Morgan fingerprint density at radius 3 is 1.38 bits per heavy atom. The fourth-order valence-electron chi connectivity index (χ4n) is 2.78. The first-order valence-corrected chi connectivity index (χ1v) is 8.09. The van der Waals surface area contributed by atoms with Crippen LogP contribution < -0.4 is 0 Å². The van der Waals surface area contributed by atoms with Crippen LogP contribution in [0.2, 0.25) is 0 Å². The first kappa shape index (κ1) is 17.3. The normalized spacial score (nSPS) is 10.5. The molecule has 3 aromatic rings. The number of carbonyl (C=O) groups excluding carboxylic acids is 2. The molecule has 26 heavy (non-hydrogen) atoms. The molecule has 0 amide bonds. The lowest BCUT2D eigenvalue weighted by molar-refractivity contribution is 0.0696. The van der Waals surface area contributed by atoms with Crippen LogP contribution in [0.4, 0.5) is 0 Å². The molecule has 3 rings (SSSR count). The van der Waals surface area contributed by atoms with Gasteiger partial charge in [-0.05, 0) is 17.7 Å². The Balaban J connectivity index is 2.05. The highest BCUT2D eigenvalue weighted by atomic mass is 16.4. The number of aromatic carboxylic acids is 1. The van der Waals surface area contributed by atoms with Crippen molar-refractivity contribution in [2.75, 3.05) is 0 Å². The fraction of sp³-hybridized carbons (Fsp3) is 0.0455. The number of Topliss-reactive ketones (excluding diaryl/α,β-unsaturated/α-hetero) is 2. The average Bonchev–Trinajstić information content (AvgIpc) is 2.69. The van der Waals surface area contributed by atoms with Gasteiger partial charge in [-0.1, -0.05) is 72.8 Å². The fourth-order valence-corrected chi connectivity index (χ4v) is 2.78. The molecule has 0 spiro atoms. The Bertz CT molecular complexity index is 877. The van der Waals surface area contributed by atoms with Crippen LogP contribution in [0.25, 0.3) is 0 Å². The van der Waals surface area contributed by atoms with Crippen molar-refractivity contribution in [3.8, 4) is 0 Å². The van der Waals surface area contributed by atoms with E-state index < -0.39 is 11.9 Å². The zero-order chi connectivity index (χ0) is 18.5. The van der Waals surface area contributed by atoms with Gasteiger partial charge in [-0.3, -0.25) is 9.59 Å². The van der Waals surface area contributed by atoms with E-state index in [1.807, 2.05) is 0 Å². The molecule has 0 unspecified atom stereocenters. The van der Waals surface area contributed by atoms with Gasteiger partial charge in [0.05, 0.1) is 5.56 Å².